The molecule has 9 heteroatoms. The minimum atomic E-state index is -0.676. The number of halogens is 1. The lowest BCUT2D eigenvalue weighted by molar-refractivity contribution is -0.000450. The molecular formula is C23H23FN6O2. The number of ether oxygens (including phenoxy) is 1. The summed E-state index contributed by atoms with van der Waals surface area (Å²) in [7, 11) is 0. The third-order valence-corrected chi connectivity index (χ3v) is 5.10. The van der Waals surface area contributed by atoms with Gasteiger partial charge in [0.2, 0.25) is 0 Å². The molecule has 0 radical (unpaired) electrons. The number of pyridine rings is 2. The lowest BCUT2D eigenvalue weighted by Gasteiger charge is -2.45. The number of nitrogens with zero attached hydrogens (tertiary/aromatic N) is 6. The number of hydrogen-bond donors (Lipinski definition) is 0. The molecule has 0 saturated carbocycles. The van der Waals surface area contributed by atoms with Crippen LogP contribution in [0.3, 0.4) is 0 Å². The molecule has 4 aromatic heterocycles. The van der Waals surface area contributed by atoms with Crippen LogP contribution in [0.5, 0.6) is 0 Å². The van der Waals surface area contributed by atoms with E-state index in [0.717, 1.165) is 11.2 Å². The molecule has 0 aromatic carbocycles. The van der Waals surface area contributed by atoms with Crippen LogP contribution in [0.1, 0.15) is 26.3 Å². The van der Waals surface area contributed by atoms with Crippen molar-refractivity contribution in [3.05, 3.63) is 72.8 Å². The highest BCUT2D eigenvalue weighted by Crippen LogP contribution is 2.35. The third kappa shape index (κ3) is 4.25. The molecule has 0 aliphatic carbocycles. The zero-order valence-corrected chi connectivity index (χ0v) is 18.1. The number of fused-ring (bicyclic) bond motifs is 2. The second-order valence-electron chi connectivity index (χ2n) is 8.68. The number of carbonyl (C=O) groups is 1. The molecule has 0 unspecified atom stereocenters. The number of imidazole rings is 2. The zero-order valence-electron chi connectivity index (χ0n) is 18.1. The van der Waals surface area contributed by atoms with Crippen LogP contribution in [-0.2, 0) is 10.2 Å². The van der Waals surface area contributed by atoms with E-state index in [1.807, 2.05) is 49.7 Å². The summed E-state index contributed by atoms with van der Waals surface area (Å²) in [4.78, 5) is 21.7. The van der Waals surface area contributed by atoms with E-state index in [-0.39, 0.29) is 11.9 Å². The van der Waals surface area contributed by atoms with E-state index in [2.05, 4.69) is 16.0 Å². The molecule has 1 aliphatic rings. The van der Waals surface area contributed by atoms with Crippen molar-refractivity contribution in [2.75, 3.05) is 13.1 Å². The summed E-state index contributed by atoms with van der Waals surface area (Å²) < 4.78 is 21.4. The van der Waals surface area contributed by atoms with Crippen molar-refractivity contribution < 1.29 is 13.9 Å². The molecule has 32 heavy (non-hydrogen) atoms. The first-order valence-corrected chi connectivity index (χ1v) is 10.1. The number of carbonyl (C=O) groups excluding carboxylic acids is 1. The maximum atomic E-state index is 12.5. The fourth-order valence-electron chi connectivity index (χ4n) is 3.47. The Morgan fingerprint density at radius 3 is 2.25 bits per heavy atom. The molecule has 0 spiro atoms. The first-order valence-electron chi connectivity index (χ1n) is 10.1. The maximum absolute atomic E-state index is 12.5. The predicted molar refractivity (Wildman–Crippen MR) is 115 cm³/mol. The Morgan fingerprint density at radius 1 is 1.06 bits per heavy atom. The molecule has 1 amide bonds. The van der Waals surface area contributed by atoms with E-state index >= 15 is 0 Å². The Bertz CT molecular complexity index is 1310. The smallest absolute Gasteiger partial charge is 0.410 e. The molecule has 0 N–H and O–H groups in total. The second-order valence-corrected chi connectivity index (χ2v) is 8.68. The summed E-state index contributed by atoms with van der Waals surface area (Å²) in [5.74, 6) is -0.251. The Labute approximate surface area is 184 Å². The maximum Gasteiger partial charge on any atom is 0.410 e. The SMILES string of the molecule is CC(C)(C)OC(=O)N1CC(C#N)(c2ccn3ccnc3c2)C1.Fc1ccn2ccnc2c1. The predicted octanol–water partition coefficient (Wildman–Crippen LogP) is 3.82. The van der Waals surface area contributed by atoms with Crippen molar-refractivity contribution in [1.82, 2.24) is 23.7 Å². The summed E-state index contributed by atoms with van der Waals surface area (Å²) in [5.41, 5.74) is 1.11. The van der Waals surface area contributed by atoms with Crippen molar-refractivity contribution in [1.29, 1.82) is 5.26 Å². The van der Waals surface area contributed by atoms with Gasteiger partial charge >= 0.3 is 6.09 Å². The highest BCUT2D eigenvalue weighted by Gasteiger charge is 2.48. The number of hydrogen-bond acceptors (Lipinski definition) is 5. The van der Waals surface area contributed by atoms with Gasteiger partial charge in [-0.2, -0.15) is 5.26 Å². The Morgan fingerprint density at radius 2 is 1.66 bits per heavy atom. The van der Waals surface area contributed by atoms with Crippen LogP contribution in [0.4, 0.5) is 9.18 Å². The van der Waals surface area contributed by atoms with E-state index in [4.69, 9.17) is 4.74 Å². The van der Waals surface area contributed by atoms with Gasteiger partial charge in [-0.05, 0) is 44.5 Å². The molecule has 0 bridgehead atoms. The van der Waals surface area contributed by atoms with E-state index in [1.165, 1.54) is 12.1 Å². The molecule has 0 atom stereocenters. The van der Waals surface area contributed by atoms with Crippen LogP contribution in [0.25, 0.3) is 11.3 Å². The first-order chi connectivity index (χ1) is 15.2. The van der Waals surface area contributed by atoms with Gasteiger partial charge in [-0.3, -0.25) is 0 Å². The van der Waals surface area contributed by atoms with Crippen LogP contribution >= 0.6 is 0 Å². The Hall–Kier alpha value is -3.93. The highest BCUT2D eigenvalue weighted by molar-refractivity contribution is 5.71. The average molecular weight is 434 g/mol. The van der Waals surface area contributed by atoms with Crippen LogP contribution in [0, 0.1) is 17.1 Å². The van der Waals surface area contributed by atoms with E-state index < -0.39 is 11.0 Å². The fraction of sp³-hybridized carbons (Fsp3) is 0.304. The molecule has 8 nitrogen and oxygen atoms in total. The second kappa shape index (κ2) is 7.96. The standard InChI is InChI=1S/C16H18N4O2.C7H5FN2/c1-15(2,3)22-14(21)20-10-16(9-17,11-20)12-4-6-19-7-5-18-13(19)8-12;8-6-1-3-10-4-2-9-7(10)5-6/h4-8H,10-11H2,1-3H3;1-5H. The van der Waals surface area contributed by atoms with Gasteiger partial charge in [-0.25, -0.2) is 19.2 Å². The molecule has 5 rings (SSSR count). The normalized spacial score (nSPS) is 14.9. The van der Waals surface area contributed by atoms with Gasteiger partial charge in [-0.15, -0.1) is 0 Å². The zero-order chi connectivity index (χ0) is 22.9. The highest BCUT2D eigenvalue weighted by atomic mass is 19.1. The molecule has 4 aromatic rings. The number of rotatable bonds is 1. The Kier molecular flexibility index (Phi) is 5.30. The number of likely N-dealkylation sites (tertiary alicyclic amines) is 1. The van der Waals surface area contributed by atoms with Gasteiger partial charge in [0.15, 0.2) is 0 Å². The topological polar surface area (TPSA) is 87.9 Å². The lowest BCUT2D eigenvalue weighted by Crippen LogP contribution is -2.61. The van der Waals surface area contributed by atoms with E-state index in [1.54, 1.807) is 34.1 Å². The summed E-state index contributed by atoms with van der Waals surface area (Å²) >= 11 is 0. The van der Waals surface area contributed by atoms with Crippen molar-refractivity contribution in [2.45, 2.75) is 31.8 Å². The monoisotopic (exact) mass is 434 g/mol. The quantitative estimate of drug-likeness (QED) is 0.454. The molecule has 5 heterocycles. The van der Waals surface area contributed by atoms with E-state index in [9.17, 15) is 14.4 Å². The van der Waals surface area contributed by atoms with Gasteiger partial charge in [-0.1, -0.05) is 0 Å². The minimum absolute atomic E-state index is 0.251. The van der Waals surface area contributed by atoms with Gasteiger partial charge in [0.25, 0.3) is 0 Å². The molecule has 1 saturated heterocycles. The van der Waals surface area contributed by atoms with Crippen LogP contribution in [0.15, 0.2) is 61.4 Å². The van der Waals surface area contributed by atoms with Crippen LogP contribution < -0.4 is 0 Å². The minimum Gasteiger partial charge on any atom is -0.444 e. The molecular weight excluding hydrogens is 411 g/mol. The lowest BCUT2D eigenvalue weighted by atomic mass is 9.75. The summed E-state index contributed by atoms with van der Waals surface area (Å²) in [6.07, 6.45) is 10.1. The molecule has 164 valence electrons. The third-order valence-electron chi connectivity index (χ3n) is 5.10. The molecule has 1 fully saturated rings. The van der Waals surface area contributed by atoms with Crippen LogP contribution in [-0.4, -0.2) is 48.5 Å². The van der Waals surface area contributed by atoms with Crippen LogP contribution in [0.2, 0.25) is 0 Å². The number of amides is 1. The molecule has 1 aliphatic heterocycles. The van der Waals surface area contributed by atoms with Crippen molar-refractivity contribution >= 4 is 17.4 Å². The number of aromatic nitrogens is 4. The summed E-state index contributed by atoms with van der Waals surface area (Å²) in [6, 6.07) is 8.94. The van der Waals surface area contributed by atoms with Gasteiger partial charge in [0.05, 0.1) is 6.07 Å². The number of nitriles is 1. The van der Waals surface area contributed by atoms with Crippen molar-refractivity contribution in [2.24, 2.45) is 0 Å². The largest absolute Gasteiger partial charge is 0.444 e. The van der Waals surface area contributed by atoms with Gasteiger partial charge in [0, 0.05) is 56.3 Å². The summed E-state index contributed by atoms with van der Waals surface area (Å²) in [6.45, 7) is 6.17. The van der Waals surface area contributed by atoms with Gasteiger partial charge < -0.3 is 18.4 Å². The summed E-state index contributed by atoms with van der Waals surface area (Å²) in [5, 5.41) is 9.59. The van der Waals surface area contributed by atoms with E-state index in [0.29, 0.717) is 18.7 Å². The Balaban J connectivity index is 0.000000203. The van der Waals surface area contributed by atoms with Crippen molar-refractivity contribution in [3.8, 4) is 6.07 Å². The van der Waals surface area contributed by atoms with Gasteiger partial charge in [0.1, 0.15) is 28.1 Å². The fourth-order valence-corrected chi connectivity index (χ4v) is 3.47. The van der Waals surface area contributed by atoms with Crippen molar-refractivity contribution in [3.63, 3.8) is 0 Å². The average Bonchev–Trinajstić information content (AvgIpc) is 3.35. The first kappa shape index (κ1) is 21.3.